The number of hydrogen-bond acceptors (Lipinski definition) is 4. The van der Waals surface area contributed by atoms with E-state index >= 15 is 0 Å². The Bertz CT molecular complexity index is 1010. The first kappa shape index (κ1) is 16.1. The SMILES string of the molecule is N#CC(C(=O)Nc1cccc2ccccc12)C(=O)C1CC1c1ccco1. The lowest BCUT2D eigenvalue weighted by atomic mass is 9.99. The molecule has 1 heterocycles. The number of nitrogens with zero attached hydrogens (tertiary/aromatic N) is 1. The zero-order valence-corrected chi connectivity index (χ0v) is 13.9. The van der Waals surface area contributed by atoms with Crippen molar-refractivity contribution in [3.05, 3.63) is 66.6 Å². The first-order valence-corrected chi connectivity index (χ1v) is 8.44. The fourth-order valence-corrected chi connectivity index (χ4v) is 3.33. The molecule has 3 unspecified atom stereocenters. The molecule has 3 aromatic rings. The van der Waals surface area contributed by atoms with Crippen molar-refractivity contribution in [2.24, 2.45) is 11.8 Å². The lowest BCUT2D eigenvalue weighted by Crippen LogP contribution is -2.30. The Kier molecular flexibility index (Phi) is 4.02. The maximum atomic E-state index is 12.6. The fourth-order valence-electron chi connectivity index (χ4n) is 3.33. The van der Waals surface area contributed by atoms with E-state index in [4.69, 9.17) is 4.42 Å². The quantitative estimate of drug-likeness (QED) is 0.712. The molecule has 1 aliphatic carbocycles. The zero-order chi connectivity index (χ0) is 18.1. The Labute approximate surface area is 150 Å². The van der Waals surface area contributed by atoms with Crippen molar-refractivity contribution in [2.75, 3.05) is 5.32 Å². The monoisotopic (exact) mass is 344 g/mol. The molecular formula is C21H16N2O3. The van der Waals surface area contributed by atoms with E-state index in [1.807, 2.05) is 48.5 Å². The van der Waals surface area contributed by atoms with Crippen LogP contribution in [0.1, 0.15) is 18.1 Å². The second-order valence-corrected chi connectivity index (χ2v) is 6.44. The molecule has 26 heavy (non-hydrogen) atoms. The van der Waals surface area contributed by atoms with Crippen LogP contribution in [0.4, 0.5) is 5.69 Å². The molecule has 0 saturated heterocycles. The maximum absolute atomic E-state index is 12.6. The smallest absolute Gasteiger partial charge is 0.249 e. The molecule has 5 nitrogen and oxygen atoms in total. The highest BCUT2D eigenvalue weighted by atomic mass is 16.3. The van der Waals surface area contributed by atoms with Gasteiger partial charge in [-0.15, -0.1) is 0 Å². The van der Waals surface area contributed by atoms with E-state index in [-0.39, 0.29) is 17.6 Å². The van der Waals surface area contributed by atoms with Gasteiger partial charge in [-0.25, -0.2) is 0 Å². The Morgan fingerprint density at radius 1 is 1.12 bits per heavy atom. The van der Waals surface area contributed by atoms with Crippen molar-refractivity contribution in [1.29, 1.82) is 5.26 Å². The van der Waals surface area contributed by atoms with Gasteiger partial charge in [0.1, 0.15) is 5.76 Å². The second-order valence-electron chi connectivity index (χ2n) is 6.44. The summed E-state index contributed by atoms with van der Waals surface area (Å²) in [6, 6.07) is 18.6. The highest BCUT2D eigenvalue weighted by Gasteiger charge is 2.49. The lowest BCUT2D eigenvalue weighted by Gasteiger charge is -2.11. The average Bonchev–Trinajstić information content (AvgIpc) is 3.27. The van der Waals surface area contributed by atoms with E-state index < -0.39 is 11.8 Å². The van der Waals surface area contributed by atoms with E-state index in [1.54, 1.807) is 18.4 Å². The van der Waals surface area contributed by atoms with Crippen LogP contribution in [0.5, 0.6) is 0 Å². The highest BCUT2D eigenvalue weighted by Crippen LogP contribution is 2.49. The molecule has 0 radical (unpaired) electrons. The number of benzene rings is 2. The molecule has 1 aliphatic rings. The molecule has 0 bridgehead atoms. The van der Waals surface area contributed by atoms with Crippen molar-refractivity contribution in [2.45, 2.75) is 12.3 Å². The number of rotatable bonds is 5. The van der Waals surface area contributed by atoms with Crippen LogP contribution in [0.25, 0.3) is 10.8 Å². The summed E-state index contributed by atoms with van der Waals surface area (Å²) in [5, 5.41) is 14.0. The largest absolute Gasteiger partial charge is 0.469 e. The molecule has 2 aromatic carbocycles. The third kappa shape index (κ3) is 2.86. The number of anilines is 1. The summed E-state index contributed by atoms with van der Waals surface area (Å²) in [6.45, 7) is 0. The summed E-state index contributed by atoms with van der Waals surface area (Å²) >= 11 is 0. The molecule has 128 valence electrons. The molecule has 1 N–H and O–H groups in total. The van der Waals surface area contributed by atoms with Gasteiger partial charge in [-0.3, -0.25) is 9.59 Å². The van der Waals surface area contributed by atoms with Crippen LogP contribution in [0, 0.1) is 23.2 Å². The van der Waals surface area contributed by atoms with Crippen molar-refractivity contribution in [1.82, 2.24) is 0 Å². The lowest BCUT2D eigenvalue weighted by molar-refractivity contribution is -0.129. The number of amides is 1. The van der Waals surface area contributed by atoms with Crippen LogP contribution in [-0.2, 0) is 9.59 Å². The van der Waals surface area contributed by atoms with Crippen LogP contribution in [0.15, 0.2) is 65.3 Å². The minimum Gasteiger partial charge on any atom is -0.469 e. The number of fused-ring (bicyclic) bond motifs is 1. The molecule has 0 spiro atoms. The first-order chi connectivity index (χ1) is 12.7. The standard InChI is InChI=1S/C21H16N2O3/c22-12-17(20(24)16-11-15(16)19-9-4-10-26-19)21(25)23-18-8-3-6-13-5-1-2-7-14(13)18/h1-10,15-17H,11H2,(H,23,25). The van der Waals surface area contributed by atoms with Gasteiger partial charge in [0.25, 0.3) is 0 Å². The number of furan rings is 1. The van der Waals surface area contributed by atoms with Gasteiger partial charge in [-0.2, -0.15) is 5.26 Å². The molecule has 1 amide bonds. The van der Waals surface area contributed by atoms with Gasteiger partial charge < -0.3 is 9.73 Å². The number of carbonyl (C=O) groups is 2. The number of ketones is 1. The highest BCUT2D eigenvalue weighted by molar-refractivity contribution is 6.13. The van der Waals surface area contributed by atoms with Gasteiger partial charge in [0.15, 0.2) is 11.7 Å². The Balaban J connectivity index is 1.51. The third-order valence-corrected chi connectivity index (χ3v) is 4.79. The van der Waals surface area contributed by atoms with Crippen molar-refractivity contribution in [3.63, 3.8) is 0 Å². The van der Waals surface area contributed by atoms with Gasteiger partial charge in [-0.05, 0) is 30.0 Å². The number of hydrogen-bond donors (Lipinski definition) is 1. The molecule has 1 aromatic heterocycles. The number of nitriles is 1. The van der Waals surface area contributed by atoms with E-state index in [0.717, 1.165) is 16.5 Å². The molecular weight excluding hydrogens is 328 g/mol. The first-order valence-electron chi connectivity index (χ1n) is 8.44. The van der Waals surface area contributed by atoms with Crippen LogP contribution >= 0.6 is 0 Å². The predicted octanol–water partition coefficient (Wildman–Crippen LogP) is 3.88. The number of Topliss-reactive ketones (excluding diaryl/α,β-unsaturated/α-hetero) is 1. The van der Waals surface area contributed by atoms with E-state index in [9.17, 15) is 14.9 Å². The number of carbonyl (C=O) groups excluding carboxylic acids is 2. The van der Waals surface area contributed by atoms with Crippen LogP contribution in [0.3, 0.4) is 0 Å². The van der Waals surface area contributed by atoms with Crippen LogP contribution in [-0.4, -0.2) is 11.7 Å². The maximum Gasteiger partial charge on any atom is 0.249 e. The average molecular weight is 344 g/mol. The van der Waals surface area contributed by atoms with Gasteiger partial charge in [-0.1, -0.05) is 36.4 Å². The summed E-state index contributed by atoms with van der Waals surface area (Å²) in [5.41, 5.74) is 0.597. The van der Waals surface area contributed by atoms with E-state index in [0.29, 0.717) is 12.1 Å². The van der Waals surface area contributed by atoms with Crippen molar-refractivity contribution >= 4 is 28.2 Å². The Morgan fingerprint density at radius 3 is 2.69 bits per heavy atom. The molecule has 3 atom stereocenters. The topological polar surface area (TPSA) is 83.1 Å². The van der Waals surface area contributed by atoms with Crippen molar-refractivity contribution < 1.29 is 14.0 Å². The van der Waals surface area contributed by atoms with E-state index in [1.165, 1.54) is 0 Å². The molecule has 1 fully saturated rings. The Morgan fingerprint density at radius 2 is 1.92 bits per heavy atom. The fraction of sp³-hybridized carbons (Fsp3) is 0.190. The molecule has 1 saturated carbocycles. The Hall–Kier alpha value is -3.39. The van der Waals surface area contributed by atoms with E-state index in [2.05, 4.69) is 5.32 Å². The minimum absolute atomic E-state index is 0.0290. The molecule has 0 aliphatic heterocycles. The predicted molar refractivity (Wildman–Crippen MR) is 96.2 cm³/mol. The molecule has 4 rings (SSSR count). The summed E-state index contributed by atoms with van der Waals surface area (Å²) < 4.78 is 5.32. The van der Waals surface area contributed by atoms with Crippen LogP contribution in [0.2, 0.25) is 0 Å². The van der Waals surface area contributed by atoms with Gasteiger partial charge in [0, 0.05) is 22.9 Å². The third-order valence-electron chi connectivity index (χ3n) is 4.79. The van der Waals surface area contributed by atoms with Gasteiger partial charge >= 0.3 is 0 Å². The van der Waals surface area contributed by atoms with Gasteiger partial charge in [0.2, 0.25) is 5.91 Å². The summed E-state index contributed by atoms with van der Waals surface area (Å²) in [4.78, 5) is 25.2. The summed E-state index contributed by atoms with van der Waals surface area (Å²) in [5.74, 6) is -1.87. The van der Waals surface area contributed by atoms with Crippen LogP contribution < -0.4 is 5.32 Å². The second kappa shape index (κ2) is 6.49. The van der Waals surface area contributed by atoms with Gasteiger partial charge in [0.05, 0.1) is 12.3 Å². The van der Waals surface area contributed by atoms with Crippen molar-refractivity contribution in [3.8, 4) is 6.07 Å². The zero-order valence-electron chi connectivity index (χ0n) is 13.9. The minimum atomic E-state index is -1.32. The summed E-state index contributed by atoms with van der Waals surface area (Å²) in [6.07, 6.45) is 2.18. The normalized spacial score (nSPS) is 19.5. The summed E-state index contributed by atoms with van der Waals surface area (Å²) in [7, 11) is 0. The number of nitrogens with one attached hydrogen (secondary N) is 1. The molecule has 5 heteroatoms.